The summed E-state index contributed by atoms with van der Waals surface area (Å²) < 4.78 is 43.1. The van der Waals surface area contributed by atoms with Crippen LogP contribution in [0.15, 0.2) is 29.4 Å². The first-order valence-corrected chi connectivity index (χ1v) is 7.90. The van der Waals surface area contributed by atoms with E-state index in [1.807, 2.05) is 0 Å². The second-order valence-electron chi connectivity index (χ2n) is 5.20. The van der Waals surface area contributed by atoms with Crippen LogP contribution in [-0.2, 0) is 10.9 Å². The van der Waals surface area contributed by atoms with Crippen molar-refractivity contribution in [3.05, 3.63) is 35.4 Å². The normalized spacial score (nSPS) is 16.3. The van der Waals surface area contributed by atoms with Gasteiger partial charge >= 0.3 is 6.18 Å². The van der Waals surface area contributed by atoms with Crippen molar-refractivity contribution >= 4 is 23.5 Å². The molecule has 5 nitrogen and oxygen atoms in total. The van der Waals surface area contributed by atoms with Crippen molar-refractivity contribution in [3.63, 3.8) is 0 Å². The molecule has 24 heavy (non-hydrogen) atoms. The summed E-state index contributed by atoms with van der Waals surface area (Å²) in [5, 5.41) is 7.17. The van der Waals surface area contributed by atoms with E-state index < -0.39 is 11.7 Å². The van der Waals surface area contributed by atoms with Crippen molar-refractivity contribution in [2.24, 2.45) is 5.10 Å². The lowest BCUT2D eigenvalue weighted by molar-refractivity contribution is -0.137. The second kappa shape index (κ2) is 8.95. The molecule has 0 saturated carbocycles. The molecule has 1 heterocycles. The highest BCUT2D eigenvalue weighted by Gasteiger charge is 2.30. The van der Waals surface area contributed by atoms with Crippen LogP contribution < -0.4 is 10.7 Å². The minimum atomic E-state index is -4.37. The number of alkyl halides is 3. The molecule has 2 rings (SSSR count). The third-order valence-corrected chi connectivity index (χ3v) is 3.65. The number of benzene rings is 1. The maximum absolute atomic E-state index is 12.6. The molecule has 1 aromatic rings. The third-order valence-electron chi connectivity index (χ3n) is 3.41. The molecular weight excluding hydrogens is 341 g/mol. The highest BCUT2D eigenvalue weighted by Crippen LogP contribution is 2.29. The van der Waals surface area contributed by atoms with Crippen LogP contribution in [0, 0.1) is 0 Å². The summed E-state index contributed by atoms with van der Waals surface area (Å²) >= 11 is 5.06. The molecule has 9 heteroatoms. The van der Waals surface area contributed by atoms with Gasteiger partial charge in [0.2, 0.25) is 0 Å². The lowest BCUT2D eigenvalue weighted by Crippen LogP contribution is -2.42. The Hall–Kier alpha value is -1.71. The van der Waals surface area contributed by atoms with Gasteiger partial charge in [-0.15, -0.1) is 0 Å². The van der Waals surface area contributed by atoms with Crippen molar-refractivity contribution in [1.29, 1.82) is 0 Å². The predicted octanol–water partition coefficient (Wildman–Crippen LogP) is 1.84. The monoisotopic (exact) mass is 360 g/mol. The van der Waals surface area contributed by atoms with E-state index in [2.05, 4.69) is 20.7 Å². The first kappa shape index (κ1) is 18.6. The Bertz CT molecular complexity index is 574. The topological polar surface area (TPSA) is 48.9 Å². The van der Waals surface area contributed by atoms with Gasteiger partial charge < -0.3 is 10.1 Å². The van der Waals surface area contributed by atoms with Crippen LogP contribution in [0.4, 0.5) is 13.2 Å². The Morgan fingerprint density at radius 1 is 1.33 bits per heavy atom. The molecule has 2 N–H and O–H groups in total. The van der Waals surface area contributed by atoms with Crippen LogP contribution in [0.25, 0.3) is 0 Å². The number of hydrogen-bond acceptors (Lipinski definition) is 4. The summed E-state index contributed by atoms with van der Waals surface area (Å²) in [4.78, 5) is 2.25. The number of nitrogens with zero attached hydrogens (tertiary/aromatic N) is 2. The van der Waals surface area contributed by atoms with Gasteiger partial charge in [0.25, 0.3) is 0 Å². The van der Waals surface area contributed by atoms with E-state index >= 15 is 0 Å². The van der Waals surface area contributed by atoms with E-state index in [-0.39, 0.29) is 0 Å². The first-order chi connectivity index (χ1) is 11.4. The van der Waals surface area contributed by atoms with Crippen molar-refractivity contribution in [1.82, 2.24) is 15.6 Å². The Morgan fingerprint density at radius 2 is 2.08 bits per heavy atom. The second-order valence-corrected chi connectivity index (χ2v) is 5.61. The lowest BCUT2D eigenvalue weighted by atomic mass is 10.1. The molecule has 0 unspecified atom stereocenters. The van der Waals surface area contributed by atoms with E-state index in [1.165, 1.54) is 18.3 Å². The molecule has 0 amide bonds. The van der Waals surface area contributed by atoms with Crippen LogP contribution in [0.3, 0.4) is 0 Å². The van der Waals surface area contributed by atoms with Gasteiger partial charge in [0, 0.05) is 26.2 Å². The summed E-state index contributed by atoms with van der Waals surface area (Å²) in [5.41, 5.74) is 2.22. The number of hydrazone groups is 1. The Labute approximate surface area is 143 Å². The Balaban J connectivity index is 1.72. The molecule has 1 aromatic carbocycles. The van der Waals surface area contributed by atoms with Gasteiger partial charge in [0.05, 0.1) is 25.0 Å². The number of nitrogens with one attached hydrogen (secondary N) is 2. The van der Waals surface area contributed by atoms with E-state index in [0.29, 0.717) is 17.2 Å². The molecule has 1 aliphatic rings. The van der Waals surface area contributed by atoms with Crippen LogP contribution in [0.1, 0.15) is 11.1 Å². The molecule has 1 saturated heterocycles. The zero-order valence-electron chi connectivity index (χ0n) is 13.0. The van der Waals surface area contributed by atoms with Crippen LogP contribution in [0.5, 0.6) is 0 Å². The Morgan fingerprint density at radius 3 is 2.79 bits per heavy atom. The molecule has 0 radical (unpaired) electrons. The SMILES string of the molecule is FC(F)(F)c1cccc(/C=N/NC(=S)NCCN2CCOCC2)c1. The number of thiocarbonyl (C=S) groups is 1. The smallest absolute Gasteiger partial charge is 0.379 e. The van der Waals surface area contributed by atoms with Gasteiger partial charge in [-0.3, -0.25) is 10.3 Å². The number of rotatable bonds is 5. The molecular formula is C15H19F3N4OS. The predicted molar refractivity (Wildman–Crippen MR) is 90.0 cm³/mol. The average Bonchev–Trinajstić information content (AvgIpc) is 2.55. The van der Waals surface area contributed by atoms with Crippen LogP contribution in [0.2, 0.25) is 0 Å². The van der Waals surface area contributed by atoms with Crippen LogP contribution >= 0.6 is 12.2 Å². The maximum atomic E-state index is 12.6. The van der Waals surface area contributed by atoms with Crippen molar-refractivity contribution < 1.29 is 17.9 Å². The Kier molecular flexibility index (Phi) is 6.95. The fraction of sp³-hybridized carbons (Fsp3) is 0.467. The van der Waals surface area contributed by atoms with Gasteiger partial charge in [-0.25, -0.2) is 0 Å². The molecule has 0 atom stereocenters. The fourth-order valence-corrected chi connectivity index (χ4v) is 2.31. The van der Waals surface area contributed by atoms with Crippen LogP contribution in [-0.4, -0.2) is 55.6 Å². The molecule has 0 aromatic heterocycles. The minimum Gasteiger partial charge on any atom is -0.379 e. The van der Waals surface area contributed by atoms with Gasteiger partial charge in [-0.1, -0.05) is 12.1 Å². The van der Waals surface area contributed by atoms with Crippen molar-refractivity contribution in [2.75, 3.05) is 39.4 Å². The molecule has 1 aliphatic heterocycles. The fourth-order valence-electron chi connectivity index (χ4n) is 2.15. The van der Waals surface area contributed by atoms with Gasteiger partial charge in [0.15, 0.2) is 5.11 Å². The number of ether oxygens (including phenoxy) is 1. The van der Waals surface area contributed by atoms with Gasteiger partial charge in [-0.05, 0) is 29.9 Å². The molecule has 0 spiro atoms. The number of morpholine rings is 1. The summed E-state index contributed by atoms with van der Waals surface area (Å²) in [5.74, 6) is 0. The highest BCUT2D eigenvalue weighted by molar-refractivity contribution is 7.80. The minimum absolute atomic E-state index is 0.325. The molecule has 0 bridgehead atoms. The van der Waals surface area contributed by atoms with E-state index in [4.69, 9.17) is 17.0 Å². The van der Waals surface area contributed by atoms with Gasteiger partial charge in [0.1, 0.15) is 0 Å². The van der Waals surface area contributed by atoms with Gasteiger partial charge in [-0.2, -0.15) is 18.3 Å². The van der Waals surface area contributed by atoms with E-state index in [1.54, 1.807) is 0 Å². The lowest BCUT2D eigenvalue weighted by Gasteiger charge is -2.26. The van der Waals surface area contributed by atoms with E-state index in [9.17, 15) is 13.2 Å². The summed E-state index contributed by atoms with van der Waals surface area (Å²) in [6.07, 6.45) is -3.07. The zero-order valence-corrected chi connectivity index (χ0v) is 13.8. The molecule has 0 aliphatic carbocycles. The van der Waals surface area contributed by atoms with Crippen molar-refractivity contribution in [2.45, 2.75) is 6.18 Å². The molecule has 132 valence electrons. The largest absolute Gasteiger partial charge is 0.416 e. The number of halogens is 3. The quantitative estimate of drug-likeness (QED) is 0.477. The standard InChI is InChI=1S/C15H19F3N4OS/c16-15(17,18)13-3-1-2-12(10-13)11-20-21-14(24)19-4-5-22-6-8-23-9-7-22/h1-3,10-11H,4-9H2,(H2,19,21,24)/b20-11+. The zero-order chi connectivity index (χ0) is 17.4. The highest BCUT2D eigenvalue weighted by atomic mass is 32.1. The third kappa shape index (κ3) is 6.42. The van der Waals surface area contributed by atoms with Crippen molar-refractivity contribution in [3.8, 4) is 0 Å². The average molecular weight is 360 g/mol. The maximum Gasteiger partial charge on any atom is 0.416 e. The summed E-state index contributed by atoms with van der Waals surface area (Å²) in [6, 6.07) is 4.92. The summed E-state index contributed by atoms with van der Waals surface area (Å²) in [6.45, 7) is 4.77. The van der Waals surface area contributed by atoms with E-state index in [0.717, 1.165) is 45.0 Å². The first-order valence-electron chi connectivity index (χ1n) is 7.49. The summed E-state index contributed by atoms with van der Waals surface area (Å²) in [7, 11) is 0. The number of hydrogen-bond donors (Lipinski definition) is 2. The molecule has 1 fully saturated rings.